The molecule has 1 aliphatic heterocycles. The molecule has 1 amide bonds. The monoisotopic (exact) mass is 368 g/mol. The van der Waals surface area contributed by atoms with Gasteiger partial charge in [-0.2, -0.15) is 0 Å². The maximum atomic E-state index is 12.9. The van der Waals surface area contributed by atoms with Gasteiger partial charge in [-0.25, -0.2) is 0 Å². The van der Waals surface area contributed by atoms with Crippen molar-refractivity contribution in [2.75, 3.05) is 27.3 Å². The third-order valence-electron chi connectivity index (χ3n) is 4.89. The molecule has 1 aliphatic rings. The van der Waals surface area contributed by atoms with Crippen LogP contribution in [0, 0.1) is 5.92 Å². The summed E-state index contributed by atoms with van der Waals surface area (Å²) >= 11 is 0. The molecule has 2 aromatic rings. The van der Waals surface area contributed by atoms with Crippen LogP contribution in [-0.2, 0) is 11.2 Å². The van der Waals surface area contributed by atoms with Crippen LogP contribution in [0.3, 0.4) is 0 Å². The van der Waals surface area contributed by atoms with E-state index in [9.17, 15) is 9.59 Å². The molecule has 1 atom stereocenters. The summed E-state index contributed by atoms with van der Waals surface area (Å²) in [5, 5.41) is 0. The Morgan fingerprint density at radius 2 is 2.00 bits per heavy atom. The predicted molar refractivity (Wildman–Crippen MR) is 101 cm³/mol. The van der Waals surface area contributed by atoms with Crippen LogP contribution in [0.2, 0.25) is 0 Å². The number of hydrogen-bond acceptors (Lipinski definition) is 5. The second kappa shape index (κ2) is 8.66. The molecule has 1 saturated heterocycles. The summed E-state index contributed by atoms with van der Waals surface area (Å²) in [6.07, 6.45) is 5.30. The Kier molecular flexibility index (Phi) is 6.06. The van der Waals surface area contributed by atoms with E-state index in [0.29, 0.717) is 36.6 Å². The highest BCUT2D eigenvalue weighted by atomic mass is 16.5. The zero-order valence-corrected chi connectivity index (χ0v) is 15.7. The minimum atomic E-state index is -0.199. The van der Waals surface area contributed by atoms with Crippen LogP contribution in [-0.4, -0.2) is 48.9 Å². The zero-order chi connectivity index (χ0) is 19.2. The third kappa shape index (κ3) is 4.45. The lowest BCUT2D eigenvalue weighted by molar-refractivity contribution is -0.131. The van der Waals surface area contributed by atoms with E-state index < -0.39 is 0 Å². The number of pyridine rings is 1. The Balaban J connectivity index is 1.68. The average Bonchev–Trinajstić information content (AvgIpc) is 2.73. The Morgan fingerprint density at radius 1 is 1.19 bits per heavy atom. The van der Waals surface area contributed by atoms with Gasteiger partial charge in [0.25, 0.3) is 0 Å². The van der Waals surface area contributed by atoms with Crippen molar-refractivity contribution >= 4 is 11.7 Å². The van der Waals surface area contributed by atoms with Gasteiger partial charge in [-0.15, -0.1) is 0 Å². The highest BCUT2D eigenvalue weighted by molar-refractivity contribution is 5.99. The molecule has 1 aromatic heterocycles. The standard InChI is InChI=1S/C21H24N2O4/c1-26-18-8-7-16(12-19(18)27-2)21(25)17-6-4-10-23(14-17)20(24)11-15-5-3-9-22-13-15/h3,5,7-9,12-13,17H,4,6,10-11,14H2,1-2H3. The smallest absolute Gasteiger partial charge is 0.227 e. The van der Waals surface area contributed by atoms with E-state index in [2.05, 4.69) is 4.98 Å². The first-order chi connectivity index (χ1) is 13.1. The van der Waals surface area contributed by atoms with Crippen molar-refractivity contribution in [1.82, 2.24) is 9.88 Å². The number of nitrogens with zero attached hydrogens (tertiary/aromatic N) is 2. The van der Waals surface area contributed by atoms with Crippen LogP contribution >= 0.6 is 0 Å². The third-order valence-corrected chi connectivity index (χ3v) is 4.89. The molecule has 0 spiro atoms. The van der Waals surface area contributed by atoms with Gasteiger partial charge in [0.05, 0.1) is 20.6 Å². The molecule has 1 unspecified atom stereocenters. The lowest BCUT2D eigenvalue weighted by Gasteiger charge is -2.32. The van der Waals surface area contributed by atoms with Crippen LogP contribution in [0.25, 0.3) is 0 Å². The van der Waals surface area contributed by atoms with E-state index in [1.165, 1.54) is 0 Å². The van der Waals surface area contributed by atoms with Crippen LogP contribution < -0.4 is 9.47 Å². The number of carbonyl (C=O) groups is 2. The number of carbonyl (C=O) groups excluding carboxylic acids is 2. The molecule has 1 fully saturated rings. The van der Waals surface area contributed by atoms with Crippen molar-refractivity contribution in [2.45, 2.75) is 19.3 Å². The van der Waals surface area contributed by atoms with Crippen LogP contribution in [0.1, 0.15) is 28.8 Å². The normalized spacial score (nSPS) is 16.7. The van der Waals surface area contributed by atoms with Gasteiger partial charge < -0.3 is 14.4 Å². The van der Waals surface area contributed by atoms with Gasteiger partial charge in [-0.05, 0) is 42.7 Å². The molecule has 27 heavy (non-hydrogen) atoms. The van der Waals surface area contributed by atoms with E-state index in [0.717, 1.165) is 18.4 Å². The summed E-state index contributed by atoms with van der Waals surface area (Å²) in [6.45, 7) is 1.14. The van der Waals surface area contributed by atoms with Gasteiger partial charge in [0.2, 0.25) is 5.91 Å². The summed E-state index contributed by atoms with van der Waals surface area (Å²) in [7, 11) is 3.11. The second-order valence-corrected chi connectivity index (χ2v) is 6.65. The Hall–Kier alpha value is -2.89. The summed E-state index contributed by atoms with van der Waals surface area (Å²) in [5.41, 5.74) is 1.47. The van der Waals surface area contributed by atoms with Crippen molar-refractivity contribution in [3.8, 4) is 11.5 Å². The van der Waals surface area contributed by atoms with E-state index in [1.54, 1.807) is 49.7 Å². The Morgan fingerprint density at radius 3 is 2.70 bits per heavy atom. The van der Waals surface area contributed by atoms with E-state index in [1.807, 2.05) is 12.1 Å². The lowest BCUT2D eigenvalue weighted by atomic mass is 9.89. The number of rotatable bonds is 6. The lowest BCUT2D eigenvalue weighted by Crippen LogP contribution is -2.43. The number of amides is 1. The summed E-state index contributed by atoms with van der Waals surface area (Å²) < 4.78 is 10.5. The molecule has 3 rings (SSSR count). The number of Topliss-reactive ketones (excluding diaryl/α,β-unsaturated/α-hetero) is 1. The molecule has 0 radical (unpaired) electrons. The molecule has 0 saturated carbocycles. The number of piperidine rings is 1. The first-order valence-electron chi connectivity index (χ1n) is 9.05. The average molecular weight is 368 g/mol. The highest BCUT2D eigenvalue weighted by Crippen LogP contribution is 2.30. The summed E-state index contributed by atoms with van der Waals surface area (Å²) in [4.78, 5) is 31.4. The first-order valence-corrected chi connectivity index (χ1v) is 9.05. The van der Waals surface area contributed by atoms with Gasteiger partial charge in [0.15, 0.2) is 17.3 Å². The van der Waals surface area contributed by atoms with Gasteiger partial charge >= 0.3 is 0 Å². The highest BCUT2D eigenvalue weighted by Gasteiger charge is 2.29. The summed E-state index contributed by atoms with van der Waals surface area (Å²) in [6, 6.07) is 8.90. The zero-order valence-electron chi connectivity index (χ0n) is 15.7. The number of benzene rings is 1. The molecular weight excluding hydrogens is 344 g/mol. The summed E-state index contributed by atoms with van der Waals surface area (Å²) in [5.74, 6) is 0.993. The fourth-order valence-electron chi connectivity index (χ4n) is 3.43. The molecule has 0 aliphatic carbocycles. The van der Waals surface area contributed by atoms with Crippen LogP contribution in [0.5, 0.6) is 11.5 Å². The quantitative estimate of drug-likeness (QED) is 0.734. The van der Waals surface area contributed by atoms with Gasteiger partial charge in [-0.3, -0.25) is 14.6 Å². The van der Waals surface area contributed by atoms with Gasteiger partial charge in [-0.1, -0.05) is 6.07 Å². The topological polar surface area (TPSA) is 68.7 Å². The van der Waals surface area contributed by atoms with Crippen molar-refractivity contribution in [1.29, 1.82) is 0 Å². The SMILES string of the molecule is COc1ccc(C(=O)C2CCCN(C(=O)Cc3cccnc3)C2)cc1OC. The Bertz CT molecular complexity index is 807. The second-order valence-electron chi connectivity index (χ2n) is 6.65. The number of likely N-dealkylation sites (tertiary alicyclic amines) is 1. The molecule has 142 valence electrons. The van der Waals surface area contributed by atoms with E-state index >= 15 is 0 Å². The molecule has 6 heteroatoms. The molecule has 0 bridgehead atoms. The number of methoxy groups -OCH3 is 2. The fraction of sp³-hybridized carbons (Fsp3) is 0.381. The number of ether oxygens (including phenoxy) is 2. The fourth-order valence-corrected chi connectivity index (χ4v) is 3.43. The van der Waals surface area contributed by atoms with Crippen LogP contribution in [0.15, 0.2) is 42.7 Å². The van der Waals surface area contributed by atoms with Gasteiger partial charge in [0, 0.05) is 37.0 Å². The van der Waals surface area contributed by atoms with Crippen molar-refractivity contribution in [3.05, 3.63) is 53.9 Å². The first kappa shape index (κ1) is 18.9. The minimum Gasteiger partial charge on any atom is -0.493 e. The van der Waals surface area contributed by atoms with Gasteiger partial charge in [0.1, 0.15) is 0 Å². The maximum absolute atomic E-state index is 12.9. The molecule has 1 aromatic carbocycles. The van der Waals surface area contributed by atoms with E-state index in [-0.39, 0.29) is 17.6 Å². The Labute approximate surface area is 159 Å². The molecule has 0 N–H and O–H groups in total. The van der Waals surface area contributed by atoms with Crippen molar-refractivity contribution < 1.29 is 19.1 Å². The van der Waals surface area contributed by atoms with Crippen LogP contribution in [0.4, 0.5) is 0 Å². The molecule has 6 nitrogen and oxygen atoms in total. The molecular formula is C21H24N2O4. The minimum absolute atomic E-state index is 0.0350. The predicted octanol–water partition coefficient (Wildman–Crippen LogP) is 2.76. The molecule has 2 heterocycles. The number of hydrogen-bond donors (Lipinski definition) is 0. The van der Waals surface area contributed by atoms with Crippen molar-refractivity contribution in [2.24, 2.45) is 5.92 Å². The largest absolute Gasteiger partial charge is 0.493 e. The maximum Gasteiger partial charge on any atom is 0.227 e. The van der Waals surface area contributed by atoms with E-state index in [4.69, 9.17) is 9.47 Å². The van der Waals surface area contributed by atoms with Crippen molar-refractivity contribution in [3.63, 3.8) is 0 Å². The number of aromatic nitrogens is 1. The number of ketones is 1.